The van der Waals surface area contributed by atoms with Gasteiger partial charge in [0, 0.05) is 42.5 Å². The first-order chi connectivity index (χ1) is 16.5. The number of anilines is 2. The molecule has 4 heterocycles. The highest BCUT2D eigenvalue weighted by atomic mass is 16.5. The monoisotopic (exact) mass is 460 g/mol. The summed E-state index contributed by atoms with van der Waals surface area (Å²) in [5, 5.41) is 5.53. The number of ether oxygens (including phenoxy) is 1. The van der Waals surface area contributed by atoms with Crippen LogP contribution in [0.15, 0.2) is 47.3 Å². The van der Waals surface area contributed by atoms with Crippen molar-refractivity contribution in [2.75, 3.05) is 36.5 Å². The van der Waals surface area contributed by atoms with E-state index in [1.807, 2.05) is 37.3 Å². The second-order valence-corrected chi connectivity index (χ2v) is 8.53. The Kier molecular flexibility index (Phi) is 6.02. The number of nitrogens with one attached hydrogen (secondary N) is 2. The average molecular weight is 461 g/mol. The fourth-order valence-electron chi connectivity index (χ4n) is 4.54. The lowest BCUT2D eigenvalue weighted by molar-refractivity contribution is 0.0984. The van der Waals surface area contributed by atoms with Gasteiger partial charge < -0.3 is 24.8 Å². The van der Waals surface area contributed by atoms with Crippen LogP contribution in [-0.4, -0.2) is 52.9 Å². The van der Waals surface area contributed by atoms with Crippen LogP contribution in [0.2, 0.25) is 0 Å². The van der Waals surface area contributed by atoms with Gasteiger partial charge in [-0.1, -0.05) is 6.07 Å². The van der Waals surface area contributed by atoms with Crippen molar-refractivity contribution >= 4 is 17.5 Å². The third-order valence-corrected chi connectivity index (χ3v) is 6.24. The molecule has 2 aliphatic heterocycles. The van der Waals surface area contributed by atoms with Crippen molar-refractivity contribution in [3.05, 3.63) is 58.4 Å². The summed E-state index contributed by atoms with van der Waals surface area (Å²) in [6.45, 7) is 7.21. The first kappa shape index (κ1) is 22.1. The van der Waals surface area contributed by atoms with Crippen molar-refractivity contribution in [2.45, 2.75) is 32.9 Å². The number of hydrogen-bond donors (Lipinski definition) is 2. The number of morpholine rings is 1. The largest absolute Gasteiger partial charge is 0.377 e. The predicted molar refractivity (Wildman–Crippen MR) is 131 cm³/mol. The Balaban J connectivity index is 1.60. The zero-order valence-corrected chi connectivity index (χ0v) is 19.4. The van der Waals surface area contributed by atoms with Gasteiger partial charge in [0.1, 0.15) is 5.82 Å². The SMILES string of the molecule is CCNC(=O)Nc1ccc(-c2nc3c(c(N4CCOCC4C)n2)CCn2c-3cccc2=O)cc1. The Bertz CT molecular complexity index is 1270. The van der Waals surface area contributed by atoms with Gasteiger partial charge in [0.2, 0.25) is 0 Å². The van der Waals surface area contributed by atoms with E-state index in [1.165, 1.54) is 0 Å². The summed E-state index contributed by atoms with van der Waals surface area (Å²) >= 11 is 0. The molecule has 34 heavy (non-hydrogen) atoms. The second kappa shape index (κ2) is 9.26. The molecule has 176 valence electrons. The number of carbonyl (C=O) groups is 1. The van der Waals surface area contributed by atoms with Crippen molar-refractivity contribution in [1.29, 1.82) is 0 Å². The summed E-state index contributed by atoms with van der Waals surface area (Å²) < 4.78 is 7.44. The molecule has 0 spiro atoms. The van der Waals surface area contributed by atoms with E-state index in [9.17, 15) is 9.59 Å². The molecule has 0 bridgehead atoms. The van der Waals surface area contributed by atoms with Crippen molar-refractivity contribution in [2.24, 2.45) is 0 Å². The molecule has 0 radical (unpaired) electrons. The summed E-state index contributed by atoms with van der Waals surface area (Å²) in [6, 6.07) is 12.7. The molecular formula is C25H28N6O3. The number of pyridine rings is 1. The summed E-state index contributed by atoms with van der Waals surface area (Å²) in [4.78, 5) is 36.6. The first-order valence-electron chi connectivity index (χ1n) is 11.7. The molecule has 1 atom stereocenters. The van der Waals surface area contributed by atoms with Crippen LogP contribution in [0.3, 0.4) is 0 Å². The molecule has 1 saturated heterocycles. The normalized spacial score (nSPS) is 17.0. The van der Waals surface area contributed by atoms with E-state index in [4.69, 9.17) is 14.7 Å². The van der Waals surface area contributed by atoms with Gasteiger partial charge in [-0.2, -0.15) is 0 Å². The van der Waals surface area contributed by atoms with Crippen LogP contribution in [0.1, 0.15) is 19.4 Å². The first-order valence-corrected chi connectivity index (χ1v) is 11.7. The Morgan fingerprint density at radius 3 is 2.74 bits per heavy atom. The molecule has 9 nitrogen and oxygen atoms in total. The number of carbonyl (C=O) groups excluding carboxylic acids is 1. The van der Waals surface area contributed by atoms with E-state index in [0.29, 0.717) is 44.2 Å². The molecule has 0 aliphatic carbocycles. The van der Waals surface area contributed by atoms with E-state index in [0.717, 1.165) is 34.9 Å². The summed E-state index contributed by atoms with van der Waals surface area (Å²) in [6.07, 6.45) is 0.696. The van der Waals surface area contributed by atoms with Gasteiger partial charge in [-0.05, 0) is 50.6 Å². The minimum Gasteiger partial charge on any atom is -0.377 e. The zero-order chi connectivity index (χ0) is 23.7. The molecule has 3 aromatic rings. The molecule has 9 heteroatoms. The van der Waals surface area contributed by atoms with Crippen molar-refractivity contribution < 1.29 is 9.53 Å². The maximum atomic E-state index is 12.5. The lowest BCUT2D eigenvalue weighted by Crippen LogP contribution is -2.45. The van der Waals surface area contributed by atoms with E-state index in [1.54, 1.807) is 16.7 Å². The highest BCUT2D eigenvalue weighted by Gasteiger charge is 2.29. The Morgan fingerprint density at radius 1 is 1.15 bits per heavy atom. The van der Waals surface area contributed by atoms with Gasteiger partial charge >= 0.3 is 6.03 Å². The summed E-state index contributed by atoms with van der Waals surface area (Å²) in [5.41, 5.74) is 4.18. The number of aromatic nitrogens is 3. The maximum Gasteiger partial charge on any atom is 0.319 e. The highest BCUT2D eigenvalue weighted by Crippen LogP contribution is 2.35. The number of fused-ring (bicyclic) bond motifs is 3. The third-order valence-electron chi connectivity index (χ3n) is 6.24. The van der Waals surface area contributed by atoms with E-state index < -0.39 is 0 Å². The number of rotatable bonds is 4. The molecule has 2 aromatic heterocycles. The van der Waals surface area contributed by atoms with Crippen LogP contribution in [0.4, 0.5) is 16.3 Å². The average Bonchev–Trinajstić information content (AvgIpc) is 2.84. The molecule has 2 N–H and O–H groups in total. The Hall–Kier alpha value is -3.72. The number of hydrogen-bond acceptors (Lipinski definition) is 6. The minimum absolute atomic E-state index is 0.0228. The molecule has 1 fully saturated rings. The topological polar surface area (TPSA) is 101 Å². The zero-order valence-electron chi connectivity index (χ0n) is 19.4. The van der Waals surface area contributed by atoms with Crippen LogP contribution in [0.5, 0.6) is 0 Å². The van der Waals surface area contributed by atoms with Gasteiger partial charge in [0.25, 0.3) is 5.56 Å². The van der Waals surface area contributed by atoms with Gasteiger partial charge in [0.15, 0.2) is 5.82 Å². The molecule has 2 aliphatic rings. The Morgan fingerprint density at radius 2 is 1.97 bits per heavy atom. The number of nitrogens with zero attached hydrogens (tertiary/aromatic N) is 4. The summed E-state index contributed by atoms with van der Waals surface area (Å²) in [5.74, 6) is 1.49. The van der Waals surface area contributed by atoms with Gasteiger partial charge in [0.05, 0.1) is 30.6 Å². The second-order valence-electron chi connectivity index (χ2n) is 8.53. The lowest BCUT2D eigenvalue weighted by atomic mass is 10.0. The third kappa shape index (κ3) is 4.14. The lowest BCUT2D eigenvalue weighted by Gasteiger charge is -2.36. The number of urea groups is 1. The van der Waals surface area contributed by atoms with Gasteiger partial charge in [-0.3, -0.25) is 4.79 Å². The quantitative estimate of drug-likeness (QED) is 0.621. The minimum atomic E-state index is -0.245. The van der Waals surface area contributed by atoms with Crippen LogP contribution in [-0.2, 0) is 17.7 Å². The molecular weight excluding hydrogens is 432 g/mol. The molecule has 5 rings (SSSR count). The van der Waals surface area contributed by atoms with E-state index in [-0.39, 0.29) is 17.6 Å². The van der Waals surface area contributed by atoms with Crippen LogP contribution in [0.25, 0.3) is 22.8 Å². The van der Waals surface area contributed by atoms with Gasteiger partial charge in [-0.15, -0.1) is 0 Å². The maximum absolute atomic E-state index is 12.5. The van der Waals surface area contributed by atoms with Gasteiger partial charge in [-0.25, -0.2) is 14.8 Å². The fraction of sp³-hybridized carbons (Fsp3) is 0.360. The predicted octanol–water partition coefficient (Wildman–Crippen LogP) is 2.89. The van der Waals surface area contributed by atoms with Crippen LogP contribution in [0, 0.1) is 0 Å². The summed E-state index contributed by atoms with van der Waals surface area (Å²) in [7, 11) is 0. The molecule has 1 aromatic carbocycles. The fourth-order valence-corrected chi connectivity index (χ4v) is 4.54. The Labute approximate surface area is 197 Å². The molecule has 1 unspecified atom stereocenters. The van der Waals surface area contributed by atoms with E-state index in [2.05, 4.69) is 22.5 Å². The van der Waals surface area contributed by atoms with Crippen LogP contribution < -0.4 is 21.1 Å². The van der Waals surface area contributed by atoms with Crippen LogP contribution >= 0.6 is 0 Å². The van der Waals surface area contributed by atoms with Crippen molar-refractivity contribution in [3.8, 4) is 22.8 Å². The molecule has 2 amide bonds. The highest BCUT2D eigenvalue weighted by molar-refractivity contribution is 5.89. The van der Waals surface area contributed by atoms with Crippen molar-refractivity contribution in [1.82, 2.24) is 19.9 Å². The number of amides is 2. The standard InChI is InChI=1S/C25H28N6O3/c1-3-26-25(33)27-18-9-7-17(8-10-18)23-28-22-19(11-12-31-20(22)5-4-6-21(31)32)24(29-23)30-13-14-34-15-16(30)2/h4-10,16H,3,11-15H2,1-2H3,(H2,26,27,33). The molecule has 0 saturated carbocycles. The van der Waals surface area contributed by atoms with E-state index >= 15 is 0 Å². The van der Waals surface area contributed by atoms with Crippen molar-refractivity contribution in [3.63, 3.8) is 0 Å². The number of benzene rings is 1. The smallest absolute Gasteiger partial charge is 0.319 e.